The van der Waals surface area contributed by atoms with E-state index in [2.05, 4.69) is 153 Å². The molecule has 14 bridgehead atoms. The third-order valence-electron chi connectivity index (χ3n) is 14.6. The average Bonchev–Trinajstić information content (AvgIpc) is 3.41. The van der Waals surface area contributed by atoms with E-state index in [4.69, 9.17) is 18.9 Å². The van der Waals surface area contributed by atoms with Gasteiger partial charge >= 0.3 is 0 Å². The van der Waals surface area contributed by atoms with Crippen molar-refractivity contribution in [3.63, 3.8) is 0 Å². The van der Waals surface area contributed by atoms with Crippen LogP contribution in [0.1, 0.15) is 161 Å². The predicted octanol–water partition coefficient (Wildman–Crippen LogP) is 10.5. The van der Waals surface area contributed by atoms with Gasteiger partial charge in [0.05, 0.1) is 12.4 Å². The second kappa shape index (κ2) is 23.6. The first kappa shape index (κ1) is 58.5. The van der Waals surface area contributed by atoms with Gasteiger partial charge in [0.1, 0.15) is 60.9 Å². The Kier molecular flexibility index (Phi) is 17.2. The van der Waals surface area contributed by atoms with E-state index in [0.717, 1.165) is 66.8 Å². The molecule has 1 aliphatic carbocycles. The summed E-state index contributed by atoms with van der Waals surface area (Å²) in [6.07, 6.45) is -0.217. The molecule has 2 amide bonds. The normalized spacial score (nSPS) is 17.9. The molecule has 12 rings (SSSR count). The van der Waals surface area contributed by atoms with Gasteiger partial charge in [0, 0.05) is 25.7 Å². The fraction of sp³-hybridized carbons (Fsp3) is 0.394. The van der Waals surface area contributed by atoms with Crippen molar-refractivity contribution in [1.29, 1.82) is 0 Å². The topological polar surface area (TPSA) is 201 Å². The number of phenolic OH excluding ortho intramolecular Hbond substituents is 2. The minimum atomic E-state index is -2.14. The van der Waals surface area contributed by atoms with Crippen molar-refractivity contribution in [3.8, 4) is 34.5 Å². The lowest BCUT2D eigenvalue weighted by molar-refractivity contribution is -0.146. The molecule has 2 atom stereocenters. The molecule has 14 heteroatoms. The highest BCUT2D eigenvalue weighted by Crippen LogP contribution is 2.44. The summed E-state index contributed by atoms with van der Waals surface area (Å²) in [5.41, 5.74) is 15.2. The van der Waals surface area contributed by atoms with Crippen LogP contribution in [0.25, 0.3) is 0 Å². The Labute approximate surface area is 470 Å². The number of hydrogen-bond acceptors (Lipinski definition) is 12. The number of aliphatic hydroxyl groups excluding tert-OH is 2. The second-order valence-corrected chi connectivity index (χ2v) is 25.1. The van der Waals surface area contributed by atoms with Gasteiger partial charge in [-0.1, -0.05) is 132 Å². The van der Waals surface area contributed by atoms with E-state index in [1.165, 1.54) is 12.4 Å². The molecule has 6 N–H and O–H groups in total. The van der Waals surface area contributed by atoms with Gasteiger partial charge in [-0.15, -0.1) is 0 Å². The highest BCUT2D eigenvalue weighted by molar-refractivity contribution is 5.92. The van der Waals surface area contributed by atoms with Gasteiger partial charge < -0.3 is 39.4 Å². The number of carbonyl (C=O) groups excluding carboxylic acids is 2. The van der Waals surface area contributed by atoms with E-state index in [1.807, 2.05) is 0 Å². The molecule has 2 unspecified atom stereocenters. The number of aromatic hydroxyl groups is 2. The third kappa shape index (κ3) is 14.2. The smallest absolute Gasteiger partial charge is 0.272 e. The molecule has 5 aliphatic heterocycles. The first-order valence-corrected chi connectivity index (χ1v) is 27.4. The zero-order chi connectivity index (χ0) is 57.9. The molecule has 14 nitrogen and oxygen atoms in total. The van der Waals surface area contributed by atoms with Crippen LogP contribution in [0.3, 0.4) is 0 Å². The summed E-state index contributed by atoms with van der Waals surface area (Å²) in [7, 11) is 0. The van der Waals surface area contributed by atoms with E-state index in [9.17, 15) is 30.0 Å². The first-order chi connectivity index (χ1) is 37.6. The van der Waals surface area contributed by atoms with Crippen molar-refractivity contribution in [1.82, 2.24) is 10.9 Å². The van der Waals surface area contributed by atoms with E-state index in [0.29, 0.717) is 59.8 Å². The van der Waals surface area contributed by atoms with E-state index in [-0.39, 0.29) is 59.6 Å². The van der Waals surface area contributed by atoms with Crippen molar-refractivity contribution in [3.05, 3.63) is 175 Å². The summed E-state index contributed by atoms with van der Waals surface area (Å²) in [6, 6.07) is 31.1. The molecular formula is C66H78N4O10. The molecule has 0 saturated carbocycles. The molecule has 5 heterocycles. The van der Waals surface area contributed by atoms with Crippen LogP contribution in [0.5, 0.6) is 34.5 Å². The van der Waals surface area contributed by atoms with Gasteiger partial charge in [0.2, 0.25) is 0 Å². The maximum atomic E-state index is 12.8. The van der Waals surface area contributed by atoms with Crippen LogP contribution in [-0.4, -0.2) is 83.3 Å². The van der Waals surface area contributed by atoms with Crippen LogP contribution in [0.4, 0.5) is 0 Å². The van der Waals surface area contributed by atoms with Gasteiger partial charge in [-0.05, 0) is 148 Å². The molecule has 6 aliphatic rings. The minimum absolute atomic E-state index is 0.159. The van der Waals surface area contributed by atoms with Gasteiger partial charge in [-0.3, -0.25) is 9.59 Å². The standard InChI is InChI=1S/C66H78N4O10/c1-63(2,3)49-29-41-25-45-33-51(65(7,8)9)35-47-27-43-31-50(64(4,5)6)32-44(56(43)72)28-48-36-52(66(10,11)12)34-46(26-42(30-49)55(41)71)60(48)80-24-22-78-54-19-15-40(16-20-54)38-68-70-62(76)58(74)57(73)61(75)69-67-37-39-13-17-53(18-14-39)77-21-23-79-59(45)47/h13-20,29-38,57-58,71-74H,21-28H2,1-12H3,(H,69,75)(H,70,76)/b67-37+,68-38+. The molecular weight excluding hydrogens is 1010 g/mol. The molecule has 0 radical (unpaired) electrons. The number of amides is 2. The number of aliphatic hydroxyl groups is 2. The highest BCUT2D eigenvalue weighted by Gasteiger charge is 2.31. The summed E-state index contributed by atoms with van der Waals surface area (Å²) in [4.78, 5) is 25.3. The van der Waals surface area contributed by atoms with Crippen LogP contribution < -0.4 is 29.8 Å². The summed E-state index contributed by atoms with van der Waals surface area (Å²) in [6.45, 7) is 26.9. The third-order valence-corrected chi connectivity index (χ3v) is 14.6. The summed E-state index contributed by atoms with van der Waals surface area (Å²) in [5, 5.41) is 54.2. The number of hydrogen-bond donors (Lipinski definition) is 6. The number of fused-ring (bicyclic) bond motifs is 1. The fourth-order valence-corrected chi connectivity index (χ4v) is 9.68. The maximum absolute atomic E-state index is 12.8. The predicted molar refractivity (Wildman–Crippen MR) is 313 cm³/mol. The molecule has 0 saturated heterocycles. The number of benzene rings is 6. The summed E-state index contributed by atoms with van der Waals surface area (Å²) in [5.74, 6) is 0.593. The van der Waals surface area contributed by atoms with Crippen molar-refractivity contribution in [2.75, 3.05) is 26.4 Å². The number of nitrogens with one attached hydrogen (secondary N) is 2. The number of hydrazone groups is 2. The molecule has 6 aromatic carbocycles. The second-order valence-electron chi connectivity index (χ2n) is 25.1. The Morgan fingerprint density at radius 2 is 0.650 bits per heavy atom. The van der Waals surface area contributed by atoms with Gasteiger partial charge in [0.25, 0.3) is 11.8 Å². The van der Waals surface area contributed by atoms with E-state index in [1.54, 1.807) is 48.5 Å². The number of nitrogens with zero attached hydrogens (tertiary/aromatic N) is 2. The lowest BCUT2D eigenvalue weighted by Crippen LogP contribution is -2.47. The average molecular weight is 1090 g/mol. The molecule has 6 aromatic rings. The van der Waals surface area contributed by atoms with Gasteiger partial charge in [-0.25, -0.2) is 10.9 Å². The first-order valence-electron chi connectivity index (χ1n) is 27.4. The van der Waals surface area contributed by atoms with Crippen molar-refractivity contribution in [2.24, 2.45) is 10.2 Å². The van der Waals surface area contributed by atoms with Gasteiger partial charge in [-0.2, -0.15) is 10.2 Å². The molecule has 0 fully saturated rings. The van der Waals surface area contributed by atoms with E-state index >= 15 is 0 Å². The zero-order valence-electron chi connectivity index (χ0n) is 48.3. The minimum Gasteiger partial charge on any atom is -0.507 e. The molecule has 422 valence electrons. The van der Waals surface area contributed by atoms with Crippen molar-refractivity contribution in [2.45, 2.75) is 143 Å². The lowest BCUT2D eigenvalue weighted by atomic mass is 9.79. The lowest BCUT2D eigenvalue weighted by Gasteiger charge is -2.28. The summed E-state index contributed by atoms with van der Waals surface area (Å²) >= 11 is 0. The number of carbonyl (C=O) groups is 2. The van der Waals surface area contributed by atoms with Crippen molar-refractivity contribution >= 4 is 24.2 Å². The fourth-order valence-electron chi connectivity index (χ4n) is 9.68. The molecule has 80 heavy (non-hydrogen) atoms. The Morgan fingerprint density at radius 1 is 0.400 bits per heavy atom. The van der Waals surface area contributed by atoms with Crippen LogP contribution in [0.2, 0.25) is 0 Å². The molecule has 0 spiro atoms. The maximum Gasteiger partial charge on any atom is 0.272 e. The SMILES string of the molecule is CC(C)(C)c1cc2c(O)c(c1)Cc1cc(C(C)(C)C)cc3c1OCCOc1ccc(cc1)/C=N/NC(=O)C(O)C(O)C(=O)N/N=C/c1ccc(cc1)OCCOc1c(cc(C(C)(C)C)cc1Cc1cc(C(C)(C)C)cc(c1O)C3)C2. The quantitative estimate of drug-likeness (QED) is 0.0849. The number of rotatable bonds is 0. The monoisotopic (exact) mass is 1090 g/mol. The van der Waals surface area contributed by atoms with Crippen LogP contribution in [0, 0.1) is 0 Å². The van der Waals surface area contributed by atoms with E-state index < -0.39 is 24.0 Å². The van der Waals surface area contributed by atoms with Gasteiger partial charge in [0.15, 0.2) is 12.2 Å². The zero-order valence-corrected chi connectivity index (χ0v) is 48.3. The van der Waals surface area contributed by atoms with Crippen LogP contribution >= 0.6 is 0 Å². The highest BCUT2D eigenvalue weighted by atomic mass is 16.5. The Morgan fingerprint density at radius 3 is 0.912 bits per heavy atom. The summed E-state index contributed by atoms with van der Waals surface area (Å²) < 4.78 is 26.3. The Bertz CT molecular complexity index is 2980. The van der Waals surface area contributed by atoms with Crippen LogP contribution in [0.15, 0.2) is 107 Å². The van der Waals surface area contributed by atoms with Crippen molar-refractivity contribution < 1.29 is 49.0 Å². The van der Waals surface area contributed by atoms with Crippen LogP contribution in [-0.2, 0) is 56.9 Å². The number of ether oxygens (including phenoxy) is 4. The Balaban J connectivity index is 1.30. The Hall–Kier alpha value is -7.68. The molecule has 0 aromatic heterocycles. The number of phenols is 2. The largest absolute Gasteiger partial charge is 0.507 e.